The molecular formula is C18H23NO2. The Morgan fingerprint density at radius 2 is 1.81 bits per heavy atom. The summed E-state index contributed by atoms with van der Waals surface area (Å²) in [5.74, 6) is 1.61. The van der Waals surface area contributed by atoms with Crippen LogP contribution in [-0.4, -0.2) is 13.7 Å². The van der Waals surface area contributed by atoms with Crippen LogP contribution in [0, 0.1) is 0 Å². The van der Waals surface area contributed by atoms with Crippen LogP contribution in [-0.2, 0) is 6.54 Å². The Morgan fingerprint density at radius 3 is 2.48 bits per heavy atom. The number of benzene rings is 2. The SMILES string of the molecule is CCOc1c(CN[C@H](C)c2ccccc2)cccc1OC. The molecule has 1 atom stereocenters. The number of hydrogen-bond acceptors (Lipinski definition) is 3. The molecular weight excluding hydrogens is 262 g/mol. The van der Waals surface area contributed by atoms with Gasteiger partial charge in [0.15, 0.2) is 11.5 Å². The van der Waals surface area contributed by atoms with Gasteiger partial charge in [0.2, 0.25) is 0 Å². The number of ether oxygens (including phenoxy) is 2. The third-order valence-electron chi connectivity index (χ3n) is 3.47. The van der Waals surface area contributed by atoms with E-state index in [9.17, 15) is 0 Å². The van der Waals surface area contributed by atoms with Gasteiger partial charge in [-0.3, -0.25) is 0 Å². The second kappa shape index (κ2) is 7.70. The van der Waals surface area contributed by atoms with E-state index in [0.717, 1.165) is 23.6 Å². The Hall–Kier alpha value is -2.00. The minimum Gasteiger partial charge on any atom is -0.493 e. The minimum absolute atomic E-state index is 0.284. The Bertz CT molecular complexity index is 554. The maximum atomic E-state index is 5.73. The molecule has 0 aliphatic carbocycles. The standard InChI is InChI=1S/C18H23NO2/c1-4-21-18-16(11-8-12-17(18)20-3)13-19-14(2)15-9-6-5-7-10-15/h5-12,14,19H,4,13H2,1-3H3/t14-/m1/s1. The molecule has 0 aromatic heterocycles. The summed E-state index contributed by atoms with van der Waals surface area (Å²) < 4.78 is 11.1. The summed E-state index contributed by atoms with van der Waals surface area (Å²) >= 11 is 0. The maximum absolute atomic E-state index is 5.73. The van der Waals surface area contributed by atoms with Crippen molar-refractivity contribution in [1.29, 1.82) is 0 Å². The van der Waals surface area contributed by atoms with Gasteiger partial charge in [0.05, 0.1) is 13.7 Å². The van der Waals surface area contributed by atoms with Crippen molar-refractivity contribution in [2.24, 2.45) is 0 Å². The molecule has 2 aromatic carbocycles. The highest BCUT2D eigenvalue weighted by Crippen LogP contribution is 2.31. The van der Waals surface area contributed by atoms with Crippen molar-refractivity contribution in [3.63, 3.8) is 0 Å². The van der Waals surface area contributed by atoms with Gasteiger partial charge in [0.25, 0.3) is 0 Å². The zero-order chi connectivity index (χ0) is 15.1. The summed E-state index contributed by atoms with van der Waals surface area (Å²) in [6, 6.07) is 16.7. The van der Waals surface area contributed by atoms with E-state index in [2.05, 4.69) is 42.6 Å². The van der Waals surface area contributed by atoms with Gasteiger partial charge < -0.3 is 14.8 Å². The first-order valence-electron chi connectivity index (χ1n) is 7.33. The number of para-hydroxylation sites is 1. The van der Waals surface area contributed by atoms with Crippen molar-refractivity contribution in [3.05, 3.63) is 59.7 Å². The second-order valence-electron chi connectivity index (χ2n) is 4.89. The largest absolute Gasteiger partial charge is 0.493 e. The molecule has 0 aliphatic heterocycles. The van der Waals surface area contributed by atoms with Crippen molar-refractivity contribution in [3.8, 4) is 11.5 Å². The molecule has 0 amide bonds. The van der Waals surface area contributed by atoms with Crippen LogP contribution < -0.4 is 14.8 Å². The van der Waals surface area contributed by atoms with E-state index >= 15 is 0 Å². The van der Waals surface area contributed by atoms with Crippen LogP contribution >= 0.6 is 0 Å². The molecule has 112 valence electrons. The van der Waals surface area contributed by atoms with E-state index in [4.69, 9.17) is 9.47 Å². The van der Waals surface area contributed by atoms with Gasteiger partial charge in [-0.1, -0.05) is 42.5 Å². The first-order valence-corrected chi connectivity index (χ1v) is 7.33. The molecule has 0 spiro atoms. The molecule has 0 radical (unpaired) electrons. The van der Waals surface area contributed by atoms with Crippen molar-refractivity contribution < 1.29 is 9.47 Å². The summed E-state index contributed by atoms with van der Waals surface area (Å²) in [6.45, 7) is 5.51. The van der Waals surface area contributed by atoms with Crippen molar-refractivity contribution in [1.82, 2.24) is 5.32 Å². The molecule has 0 saturated carbocycles. The summed E-state index contributed by atoms with van der Waals surface area (Å²) in [5.41, 5.74) is 2.39. The van der Waals surface area contributed by atoms with E-state index in [0.29, 0.717) is 6.61 Å². The summed E-state index contributed by atoms with van der Waals surface area (Å²) in [7, 11) is 1.67. The lowest BCUT2D eigenvalue weighted by Crippen LogP contribution is -2.18. The van der Waals surface area contributed by atoms with Gasteiger partial charge in [0.1, 0.15) is 0 Å². The second-order valence-corrected chi connectivity index (χ2v) is 4.89. The Labute approximate surface area is 126 Å². The molecule has 0 unspecified atom stereocenters. The van der Waals surface area contributed by atoms with E-state index in [1.165, 1.54) is 5.56 Å². The molecule has 3 nitrogen and oxygen atoms in total. The van der Waals surface area contributed by atoms with Crippen molar-refractivity contribution in [2.45, 2.75) is 26.4 Å². The lowest BCUT2D eigenvalue weighted by molar-refractivity contribution is 0.306. The summed E-state index contributed by atoms with van der Waals surface area (Å²) in [5, 5.41) is 3.53. The van der Waals surface area contributed by atoms with Gasteiger partial charge in [-0.2, -0.15) is 0 Å². The van der Waals surface area contributed by atoms with Crippen molar-refractivity contribution in [2.75, 3.05) is 13.7 Å². The van der Waals surface area contributed by atoms with E-state index in [1.807, 2.05) is 25.1 Å². The molecule has 2 aromatic rings. The first-order chi connectivity index (χ1) is 10.3. The van der Waals surface area contributed by atoms with E-state index in [1.54, 1.807) is 7.11 Å². The maximum Gasteiger partial charge on any atom is 0.165 e. The van der Waals surface area contributed by atoms with Gasteiger partial charge >= 0.3 is 0 Å². The van der Waals surface area contributed by atoms with Gasteiger partial charge in [0, 0.05) is 18.2 Å². The minimum atomic E-state index is 0.284. The van der Waals surface area contributed by atoms with Crippen molar-refractivity contribution >= 4 is 0 Å². The fraction of sp³-hybridized carbons (Fsp3) is 0.333. The van der Waals surface area contributed by atoms with E-state index < -0.39 is 0 Å². The molecule has 3 heteroatoms. The fourth-order valence-electron chi connectivity index (χ4n) is 2.29. The predicted octanol–water partition coefficient (Wildman–Crippen LogP) is 3.94. The van der Waals surface area contributed by atoms with Gasteiger partial charge in [-0.25, -0.2) is 0 Å². The summed E-state index contributed by atoms with van der Waals surface area (Å²) in [4.78, 5) is 0. The van der Waals surface area contributed by atoms with Crippen LogP contribution in [0.5, 0.6) is 11.5 Å². The number of hydrogen-bond donors (Lipinski definition) is 1. The molecule has 0 saturated heterocycles. The molecule has 1 N–H and O–H groups in total. The number of nitrogens with one attached hydrogen (secondary N) is 1. The predicted molar refractivity (Wildman–Crippen MR) is 85.9 cm³/mol. The molecule has 0 aliphatic rings. The van der Waals surface area contributed by atoms with Gasteiger partial charge in [-0.05, 0) is 25.5 Å². The third-order valence-corrected chi connectivity index (χ3v) is 3.47. The zero-order valence-electron chi connectivity index (χ0n) is 12.9. The average Bonchev–Trinajstić information content (AvgIpc) is 2.54. The smallest absolute Gasteiger partial charge is 0.165 e. The quantitative estimate of drug-likeness (QED) is 0.835. The van der Waals surface area contributed by atoms with E-state index in [-0.39, 0.29) is 6.04 Å². The average molecular weight is 285 g/mol. The first kappa shape index (κ1) is 15.4. The lowest BCUT2D eigenvalue weighted by atomic mass is 10.1. The van der Waals surface area contributed by atoms with Crippen LogP contribution in [0.1, 0.15) is 31.0 Å². The Morgan fingerprint density at radius 1 is 1.05 bits per heavy atom. The van der Waals surface area contributed by atoms with Crippen LogP contribution in [0.2, 0.25) is 0 Å². The van der Waals surface area contributed by atoms with Gasteiger partial charge in [-0.15, -0.1) is 0 Å². The molecule has 0 heterocycles. The fourth-order valence-corrected chi connectivity index (χ4v) is 2.29. The highest BCUT2D eigenvalue weighted by atomic mass is 16.5. The number of rotatable bonds is 7. The normalized spacial score (nSPS) is 12.0. The molecule has 2 rings (SSSR count). The highest BCUT2D eigenvalue weighted by molar-refractivity contribution is 5.46. The molecule has 0 fully saturated rings. The van der Waals surface area contributed by atoms with Crippen LogP contribution in [0.15, 0.2) is 48.5 Å². The monoisotopic (exact) mass is 285 g/mol. The molecule has 21 heavy (non-hydrogen) atoms. The zero-order valence-corrected chi connectivity index (χ0v) is 12.9. The third kappa shape index (κ3) is 3.99. The lowest BCUT2D eigenvalue weighted by Gasteiger charge is -2.17. The van der Waals surface area contributed by atoms with Crippen LogP contribution in [0.25, 0.3) is 0 Å². The Kier molecular flexibility index (Phi) is 5.64. The van der Waals surface area contributed by atoms with Crippen LogP contribution in [0.4, 0.5) is 0 Å². The Balaban J connectivity index is 2.09. The number of methoxy groups -OCH3 is 1. The highest BCUT2D eigenvalue weighted by Gasteiger charge is 2.11. The summed E-state index contributed by atoms with van der Waals surface area (Å²) in [6.07, 6.45) is 0. The van der Waals surface area contributed by atoms with Crippen LogP contribution in [0.3, 0.4) is 0 Å². The topological polar surface area (TPSA) is 30.5 Å². The molecule has 0 bridgehead atoms.